The maximum absolute atomic E-state index is 10.6. The standard InChI is InChI=1S/C30H40N6O3Si/c1-5-18-40(34-31-19-25-15-9-12-22(6-2)28(25)37,35-32-20-26-16-10-13-23(7-3)29(26)38)36-33-21-27-17-11-14-24(8-4)30(27)39/h9-17,37-39H,5-8,18-21H2,1-4H3/b34-31+,35-32+,36-33+. The van der Waals surface area contributed by atoms with E-state index in [1.165, 1.54) is 0 Å². The molecular formula is C30H40N6O3Si. The summed E-state index contributed by atoms with van der Waals surface area (Å²) in [6.45, 7) is 8.53. The number of para-hydroxylation sites is 3. The van der Waals surface area contributed by atoms with Gasteiger partial charge in [0.25, 0.3) is 0 Å². The van der Waals surface area contributed by atoms with Gasteiger partial charge in [-0.15, -0.1) is 0 Å². The Morgan fingerprint density at radius 2 is 0.800 bits per heavy atom. The minimum atomic E-state index is -3.24. The molecule has 0 amide bonds. The van der Waals surface area contributed by atoms with Crippen molar-refractivity contribution in [2.45, 2.75) is 79.1 Å². The SMILES string of the molecule is CCC[Si](/N=N/Cc1cccc(CC)c1O)(/N=N/Cc1cccc(CC)c1O)/N=N/Cc1cccc(CC)c1O. The molecule has 0 aliphatic rings. The van der Waals surface area contributed by atoms with Gasteiger partial charge in [-0.2, -0.15) is 29.7 Å². The fourth-order valence-electron chi connectivity index (χ4n) is 4.39. The Morgan fingerprint density at radius 3 is 1.07 bits per heavy atom. The Bertz CT molecular complexity index is 1200. The molecule has 3 N–H and O–H groups in total. The van der Waals surface area contributed by atoms with Crippen molar-refractivity contribution in [3.8, 4) is 17.2 Å². The van der Waals surface area contributed by atoms with Crippen LogP contribution in [0.3, 0.4) is 0 Å². The first-order chi connectivity index (χ1) is 19.4. The molecule has 9 nitrogen and oxygen atoms in total. The highest BCUT2D eigenvalue weighted by Crippen LogP contribution is 2.28. The van der Waals surface area contributed by atoms with Gasteiger partial charge < -0.3 is 15.3 Å². The zero-order valence-electron chi connectivity index (χ0n) is 23.9. The van der Waals surface area contributed by atoms with Crippen LogP contribution in [0.4, 0.5) is 0 Å². The number of aryl methyl sites for hydroxylation is 3. The van der Waals surface area contributed by atoms with Crippen LogP contribution in [0.5, 0.6) is 17.2 Å². The lowest BCUT2D eigenvalue weighted by Gasteiger charge is -2.14. The molecule has 0 heterocycles. The lowest BCUT2D eigenvalue weighted by atomic mass is 10.1. The van der Waals surface area contributed by atoms with Gasteiger partial charge in [0.05, 0.1) is 19.6 Å². The smallest absolute Gasteiger partial charge is 0.490 e. The fourth-order valence-corrected chi connectivity index (χ4v) is 6.37. The van der Waals surface area contributed by atoms with E-state index >= 15 is 0 Å². The average Bonchev–Trinajstić information content (AvgIpc) is 2.96. The predicted molar refractivity (Wildman–Crippen MR) is 159 cm³/mol. The second-order valence-electron chi connectivity index (χ2n) is 9.56. The number of hydrogen-bond acceptors (Lipinski definition) is 9. The van der Waals surface area contributed by atoms with Gasteiger partial charge >= 0.3 is 8.56 Å². The highest BCUT2D eigenvalue weighted by atomic mass is 28.4. The largest absolute Gasteiger partial charge is 0.507 e. The van der Waals surface area contributed by atoms with Crippen molar-refractivity contribution in [2.24, 2.45) is 29.7 Å². The maximum Gasteiger partial charge on any atom is 0.490 e. The van der Waals surface area contributed by atoms with E-state index in [1.807, 2.05) is 82.3 Å². The van der Waals surface area contributed by atoms with Crippen molar-refractivity contribution in [2.75, 3.05) is 0 Å². The first-order valence-electron chi connectivity index (χ1n) is 13.9. The topological polar surface area (TPSA) is 135 Å². The van der Waals surface area contributed by atoms with E-state index in [9.17, 15) is 15.3 Å². The molecule has 3 rings (SSSR count). The van der Waals surface area contributed by atoms with E-state index in [4.69, 9.17) is 0 Å². The molecule has 0 aliphatic carbocycles. The third-order valence-electron chi connectivity index (χ3n) is 6.75. The zero-order chi connectivity index (χ0) is 29.0. The molecule has 0 aromatic heterocycles. The average molecular weight is 561 g/mol. The third kappa shape index (κ3) is 7.81. The summed E-state index contributed by atoms with van der Waals surface area (Å²) in [6.07, 6.45) is 2.89. The van der Waals surface area contributed by atoms with Crippen LogP contribution in [-0.4, -0.2) is 23.9 Å². The van der Waals surface area contributed by atoms with Crippen molar-refractivity contribution >= 4 is 8.56 Å². The second kappa shape index (κ2) is 15.0. The van der Waals surface area contributed by atoms with Crippen LogP contribution in [0.2, 0.25) is 6.04 Å². The van der Waals surface area contributed by atoms with Gasteiger partial charge in [-0.3, -0.25) is 0 Å². The molecule has 212 valence electrons. The molecule has 0 aliphatic heterocycles. The minimum absolute atomic E-state index is 0.182. The summed E-state index contributed by atoms with van der Waals surface area (Å²) in [7, 11) is -3.24. The fraction of sp³-hybridized carbons (Fsp3) is 0.400. The monoisotopic (exact) mass is 560 g/mol. The number of phenolic OH excluding ortho intramolecular Hbond substituents is 3. The molecule has 3 aromatic rings. The van der Waals surface area contributed by atoms with E-state index in [-0.39, 0.29) is 36.9 Å². The van der Waals surface area contributed by atoms with Crippen LogP contribution < -0.4 is 0 Å². The molecule has 0 atom stereocenters. The second-order valence-corrected chi connectivity index (χ2v) is 12.2. The van der Waals surface area contributed by atoms with Crippen LogP contribution in [-0.2, 0) is 38.9 Å². The van der Waals surface area contributed by atoms with Crippen molar-refractivity contribution < 1.29 is 15.3 Å². The quantitative estimate of drug-likeness (QED) is 0.136. The van der Waals surface area contributed by atoms with Crippen molar-refractivity contribution in [1.29, 1.82) is 0 Å². The molecular weight excluding hydrogens is 520 g/mol. The Hall–Kier alpha value is -3.92. The number of phenols is 3. The summed E-state index contributed by atoms with van der Waals surface area (Å²) < 4.78 is 13.9. The van der Waals surface area contributed by atoms with E-state index in [2.05, 4.69) is 29.7 Å². The van der Waals surface area contributed by atoms with Gasteiger partial charge in [0.2, 0.25) is 0 Å². The third-order valence-corrected chi connectivity index (χ3v) is 9.31. The predicted octanol–water partition coefficient (Wildman–Crippen LogP) is 8.10. The van der Waals surface area contributed by atoms with Crippen LogP contribution in [0.25, 0.3) is 0 Å². The maximum atomic E-state index is 10.6. The lowest BCUT2D eigenvalue weighted by molar-refractivity contribution is 0.461. The van der Waals surface area contributed by atoms with Gasteiger partial charge in [-0.05, 0) is 36.0 Å². The Morgan fingerprint density at radius 1 is 0.500 bits per heavy atom. The van der Waals surface area contributed by atoms with E-state index in [0.29, 0.717) is 42.0 Å². The number of benzene rings is 3. The van der Waals surface area contributed by atoms with Gasteiger partial charge in [0.15, 0.2) is 0 Å². The van der Waals surface area contributed by atoms with Crippen LogP contribution in [0.15, 0.2) is 84.3 Å². The normalized spacial score (nSPS) is 12.3. The molecule has 3 aromatic carbocycles. The van der Waals surface area contributed by atoms with Crippen molar-refractivity contribution in [3.05, 3.63) is 88.0 Å². The van der Waals surface area contributed by atoms with E-state index < -0.39 is 8.56 Å². The van der Waals surface area contributed by atoms with E-state index in [1.54, 1.807) is 0 Å². The minimum Gasteiger partial charge on any atom is -0.507 e. The van der Waals surface area contributed by atoms with E-state index in [0.717, 1.165) is 23.1 Å². The summed E-state index contributed by atoms with van der Waals surface area (Å²) in [4.78, 5) is 0. The first kappa shape index (κ1) is 30.6. The van der Waals surface area contributed by atoms with Crippen LogP contribution >= 0.6 is 0 Å². The summed E-state index contributed by atoms with van der Waals surface area (Å²) in [5.74, 6) is 0.688. The van der Waals surface area contributed by atoms with Crippen LogP contribution in [0.1, 0.15) is 67.5 Å². The Labute approximate surface area is 237 Å². The molecule has 0 saturated heterocycles. The van der Waals surface area contributed by atoms with Crippen LogP contribution in [0, 0.1) is 0 Å². The zero-order valence-corrected chi connectivity index (χ0v) is 24.9. The summed E-state index contributed by atoms with van der Waals surface area (Å²) in [5, 5.41) is 45.0. The summed E-state index contributed by atoms with van der Waals surface area (Å²) in [5.41, 5.74) is 4.60. The molecule has 0 saturated carbocycles. The molecule has 40 heavy (non-hydrogen) atoms. The Balaban J connectivity index is 1.93. The molecule has 0 bridgehead atoms. The molecule has 10 heteroatoms. The molecule has 0 unspecified atom stereocenters. The Kier molecular flexibility index (Phi) is 11.5. The number of aromatic hydroxyl groups is 3. The van der Waals surface area contributed by atoms with Gasteiger partial charge in [-0.25, -0.2) is 0 Å². The molecule has 0 radical (unpaired) electrons. The summed E-state index contributed by atoms with van der Waals surface area (Å²) in [6, 6.07) is 17.4. The number of hydrogen-bond donors (Lipinski definition) is 3. The summed E-state index contributed by atoms with van der Waals surface area (Å²) >= 11 is 0. The highest BCUT2D eigenvalue weighted by molar-refractivity contribution is 6.74. The number of rotatable bonds is 14. The first-order valence-corrected chi connectivity index (χ1v) is 16.0. The molecule has 0 fully saturated rings. The lowest BCUT2D eigenvalue weighted by Crippen LogP contribution is -2.26. The van der Waals surface area contributed by atoms with Gasteiger partial charge in [0, 0.05) is 22.7 Å². The van der Waals surface area contributed by atoms with Crippen molar-refractivity contribution in [3.63, 3.8) is 0 Å². The highest BCUT2D eigenvalue weighted by Gasteiger charge is 2.36. The number of nitrogens with zero attached hydrogens (tertiary/aromatic N) is 6. The van der Waals surface area contributed by atoms with Gasteiger partial charge in [-0.1, -0.05) is 88.7 Å². The van der Waals surface area contributed by atoms with Crippen molar-refractivity contribution in [1.82, 2.24) is 0 Å². The molecule has 0 spiro atoms. The van der Waals surface area contributed by atoms with Gasteiger partial charge in [0.1, 0.15) is 17.2 Å².